The number of carbonyl (C=O) groups is 2. The molecule has 166 valence electrons. The third-order valence-electron chi connectivity index (χ3n) is 5.75. The van der Waals surface area contributed by atoms with Gasteiger partial charge in [-0.3, -0.25) is 14.2 Å². The maximum Gasteiger partial charge on any atom is 0.315 e. The van der Waals surface area contributed by atoms with Crippen LogP contribution in [0.2, 0.25) is 0 Å². The fourth-order valence-corrected chi connectivity index (χ4v) is 5.80. The van der Waals surface area contributed by atoms with E-state index in [1.165, 1.54) is 0 Å². The second-order valence-corrected chi connectivity index (χ2v) is 10.0. The van der Waals surface area contributed by atoms with Gasteiger partial charge in [-0.1, -0.05) is 20.3 Å². The van der Waals surface area contributed by atoms with Gasteiger partial charge in [-0.15, -0.1) is 0 Å². The lowest BCUT2D eigenvalue weighted by atomic mass is 10.0. The van der Waals surface area contributed by atoms with E-state index in [4.69, 9.17) is 0 Å². The van der Waals surface area contributed by atoms with E-state index in [1.54, 1.807) is 29.1 Å². The highest BCUT2D eigenvalue weighted by Crippen LogP contribution is 2.33. The standard InChI is InChI=1S/C22H29N5O3S/c1-13(2)10-27-12-23-16-8-7-14(9-15(16)21(27)29)24-19(28)6-4-3-5-18-20-17(11-31-18)25-22(30)26-20/h7-9,12-13,17-18,20H,3-6,10-11H2,1-2H3,(H,24,28)(H2,25,26,30)/t17-,18-,20-/m0/s1. The molecule has 0 spiro atoms. The molecule has 4 rings (SSSR count). The average molecular weight is 444 g/mol. The number of unbranched alkanes of at least 4 members (excludes halogenated alkanes) is 1. The maximum absolute atomic E-state index is 12.7. The van der Waals surface area contributed by atoms with Gasteiger partial charge < -0.3 is 16.0 Å². The summed E-state index contributed by atoms with van der Waals surface area (Å²) in [5.41, 5.74) is 1.16. The number of carbonyl (C=O) groups excluding carboxylic acids is 2. The third kappa shape index (κ3) is 5.03. The van der Waals surface area contributed by atoms with E-state index in [0.717, 1.165) is 25.0 Å². The molecule has 0 saturated carbocycles. The summed E-state index contributed by atoms with van der Waals surface area (Å²) in [5, 5.41) is 9.78. The number of rotatable bonds is 8. The number of urea groups is 1. The second kappa shape index (κ2) is 9.30. The third-order valence-corrected chi connectivity index (χ3v) is 7.26. The van der Waals surface area contributed by atoms with Crippen molar-refractivity contribution in [2.45, 2.75) is 63.4 Å². The van der Waals surface area contributed by atoms with Crippen LogP contribution in [0, 0.1) is 5.92 Å². The van der Waals surface area contributed by atoms with Crippen LogP contribution >= 0.6 is 11.8 Å². The van der Waals surface area contributed by atoms with Crippen molar-refractivity contribution >= 4 is 40.3 Å². The smallest absolute Gasteiger partial charge is 0.315 e. The Labute approximate surface area is 185 Å². The molecule has 2 aliphatic rings. The van der Waals surface area contributed by atoms with Crippen molar-refractivity contribution in [2.24, 2.45) is 5.92 Å². The van der Waals surface area contributed by atoms with E-state index in [0.29, 0.717) is 40.7 Å². The zero-order valence-electron chi connectivity index (χ0n) is 17.9. The average Bonchev–Trinajstić information content (AvgIpc) is 3.27. The van der Waals surface area contributed by atoms with Crippen molar-refractivity contribution in [2.75, 3.05) is 11.1 Å². The fraction of sp³-hybridized carbons (Fsp3) is 0.545. The summed E-state index contributed by atoms with van der Waals surface area (Å²) in [6.45, 7) is 4.72. The molecular weight excluding hydrogens is 414 g/mol. The predicted molar refractivity (Wildman–Crippen MR) is 123 cm³/mol. The molecule has 1 aromatic carbocycles. The minimum Gasteiger partial charge on any atom is -0.332 e. The Bertz CT molecular complexity index is 1040. The van der Waals surface area contributed by atoms with E-state index in [9.17, 15) is 14.4 Å². The molecule has 8 nitrogen and oxygen atoms in total. The Kier molecular flexibility index (Phi) is 6.50. The second-order valence-electron chi connectivity index (χ2n) is 8.74. The Balaban J connectivity index is 1.28. The van der Waals surface area contributed by atoms with Crippen LogP contribution in [-0.2, 0) is 11.3 Å². The number of thioether (sulfide) groups is 1. The van der Waals surface area contributed by atoms with Gasteiger partial charge in [0, 0.05) is 29.7 Å². The van der Waals surface area contributed by atoms with Gasteiger partial charge in [-0.2, -0.15) is 11.8 Å². The number of benzene rings is 1. The highest BCUT2D eigenvalue weighted by atomic mass is 32.2. The fourth-order valence-electron chi connectivity index (χ4n) is 4.26. The molecule has 0 bridgehead atoms. The zero-order valence-corrected chi connectivity index (χ0v) is 18.7. The van der Waals surface area contributed by atoms with Crippen molar-refractivity contribution < 1.29 is 9.59 Å². The normalized spacial score (nSPS) is 22.4. The Morgan fingerprint density at radius 2 is 2.13 bits per heavy atom. The molecule has 0 aliphatic carbocycles. The van der Waals surface area contributed by atoms with Gasteiger partial charge in [0.15, 0.2) is 0 Å². The van der Waals surface area contributed by atoms with Gasteiger partial charge in [0.25, 0.3) is 5.56 Å². The molecular formula is C22H29N5O3S. The van der Waals surface area contributed by atoms with E-state index in [2.05, 4.69) is 34.8 Å². The lowest BCUT2D eigenvalue weighted by molar-refractivity contribution is -0.116. The molecule has 2 saturated heterocycles. The Morgan fingerprint density at radius 1 is 1.29 bits per heavy atom. The Hall–Kier alpha value is -2.55. The highest BCUT2D eigenvalue weighted by molar-refractivity contribution is 8.00. The van der Waals surface area contributed by atoms with Crippen LogP contribution in [0.25, 0.3) is 10.9 Å². The van der Waals surface area contributed by atoms with Gasteiger partial charge in [-0.05, 0) is 37.0 Å². The zero-order chi connectivity index (χ0) is 22.0. The summed E-state index contributed by atoms with van der Waals surface area (Å²) in [5.74, 6) is 1.23. The van der Waals surface area contributed by atoms with E-state index < -0.39 is 0 Å². The van der Waals surface area contributed by atoms with Gasteiger partial charge in [-0.25, -0.2) is 9.78 Å². The lowest BCUT2D eigenvalue weighted by Gasteiger charge is -2.16. The van der Waals surface area contributed by atoms with Crippen molar-refractivity contribution in [1.82, 2.24) is 20.2 Å². The summed E-state index contributed by atoms with van der Waals surface area (Å²) in [7, 11) is 0. The monoisotopic (exact) mass is 443 g/mol. The molecule has 9 heteroatoms. The first-order valence-electron chi connectivity index (χ1n) is 10.9. The minimum absolute atomic E-state index is 0.0569. The molecule has 2 aromatic rings. The molecule has 3 N–H and O–H groups in total. The maximum atomic E-state index is 12.7. The summed E-state index contributed by atoms with van der Waals surface area (Å²) in [6, 6.07) is 5.63. The van der Waals surface area contributed by atoms with Crippen LogP contribution in [-0.4, -0.2) is 44.6 Å². The van der Waals surface area contributed by atoms with E-state index >= 15 is 0 Å². The van der Waals surface area contributed by atoms with Crippen LogP contribution < -0.4 is 21.5 Å². The molecule has 2 fully saturated rings. The number of hydrogen-bond donors (Lipinski definition) is 3. The van der Waals surface area contributed by atoms with Crippen LogP contribution in [0.5, 0.6) is 0 Å². The number of anilines is 1. The first-order valence-corrected chi connectivity index (χ1v) is 11.9. The molecule has 3 atom stereocenters. The van der Waals surface area contributed by atoms with Gasteiger partial charge in [0.1, 0.15) is 0 Å². The topological polar surface area (TPSA) is 105 Å². The first-order chi connectivity index (χ1) is 14.9. The van der Waals surface area contributed by atoms with Crippen molar-refractivity contribution in [3.8, 4) is 0 Å². The predicted octanol–water partition coefficient (Wildman–Crippen LogP) is 2.72. The first kappa shape index (κ1) is 21.7. The van der Waals surface area contributed by atoms with Gasteiger partial charge >= 0.3 is 6.03 Å². The number of aromatic nitrogens is 2. The quantitative estimate of drug-likeness (QED) is 0.430. The number of nitrogens with zero attached hydrogens (tertiary/aromatic N) is 2. The molecule has 1 aromatic heterocycles. The van der Waals surface area contributed by atoms with Crippen molar-refractivity contribution in [1.29, 1.82) is 0 Å². The van der Waals surface area contributed by atoms with E-state index in [1.807, 2.05) is 11.8 Å². The highest BCUT2D eigenvalue weighted by Gasteiger charge is 2.42. The lowest BCUT2D eigenvalue weighted by Crippen LogP contribution is -2.36. The van der Waals surface area contributed by atoms with Crippen LogP contribution in [0.1, 0.15) is 39.5 Å². The van der Waals surface area contributed by atoms with Crippen LogP contribution in [0.3, 0.4) is 0 Å². The molecule has 31 heavy (non-hydrogen) atoms. The van der Waals surface area contributed by atoms with Crippen molar-refractivity contribution in [3.63, 3.8) is 0 Å². The van der Waals surface area contributed by atoms with Crippen LogP contribution in [0.15, 0.2) is 29.3 Å². The molecule has 2 aliphatic heterocycles. The van der Waals surface area contributed by atoms with Crippen molar-refractivity contribution in [3.05, 3.63) is 34.9 Å². The molecule has 3 heterocycles. The van der Waals surface area contributed by atoms with E-state index in [-0.39, 0.29) is 29.6 Å². The number of nitrogens with one attached hydrogen (secondary N) is 3. The number of amides is 3. The van der Waals surface area contributed by atoms with Crippen LogP contribution in [0.4, 0.5) is 10.5 Å². The Morgan fingerprint density at radius 3 is 2.94 bits per heavy atom. The number of hydrogen-bond acceptors (Lipinski definition) is 5. The molecule has 0 unspecified atom stereocenters. The summed E-state index contributed by atoms with van der Waals surface area (Å²) in [4.78, 5) is 40.9. The number of fused-ring (bicyclic) bond motifs is 2. The van der Waals surface area contributed by atoms with Gasteiger partial charge in [0.2, 0.25) is 5.91 Å². The van der Waals surface area contributed by atoms with Gasteiger partial charge in [0.05, 0.1) is 29.3 Å². The summed E-state index contributed by atoms with van der Waals surface area (Å²) in [6.07, 6.45) is 4.72. The summed E-state index contributed by atoms with van der Waals surface area (Å²) < 4.78 is 1.62. The molecule has 3 amide bonds. The summed E-state index contributed by atoms with van der Waals surface area (Å²) >= 11 is 1.89. The minimum atomic E-state index is -0.0874. The largest absolute Gasteiger partial charge is 0.332 e. The SMILES string of the molecule is CC(C)Cn1cnc2ccc(NC(=O)CCCC[C@@H]3SC[C@@H]4NC(=O)N[C@@H]43)cc2c1=O. The molecule has 0 radical (unpaired) electrons.